The Morgan fingerprint density at radius 2 is 1.39 bits per heavy atom. The van der Waals surface area contributed by atoms with Crippen molar-refractivity contribution >= 4 is 0 Å². The van der Waals surface area contributed by atoms with E-state index in [1.54, 1.807) is 6.07 Å². The van der Waals surface area contributed by atoms with Gasteiger partial charge >= 0.3 is 33.4 Å². The molecule has 0 unspecified atom stereocenters. The van der Waals surface area contributed by atoms with Gasteiger partial charge in [0, 0.05) is 0 Å². The molecule has 0 N–H and O–H groups in total. The van der Waals surface area contributed by atoms with Gasteiger partial charge in [-0.3, -0.25) is 0 Å². The Morgan fingerprint density at radius 1 is 0.944 bits per heavy atom. The molecule has 0 saturated carbocycles. The van der Waals surface area contributed by atoms with E-state index in [4.69, 9.17) is 0 Å². The molecule has 0 bridgehead atoms. The second kappa shape index (κ2) is 6.09. The van der Waals surface area contributed by atoms with E-state index in [2.05, 4.69) is 0 Å². The van der Waals surface area contributed by atoms with E-state index in [0.717, 1.165) is 13.0 Å². The summed E-state index contributed by atoms with van der Waals surface area (Å²) in [5.74, 6) is 0. The Bertz CT molecular complexity index is 405. The summed E-state index contributed by atoms with van der Waals surface area (Å²) in [5.41, 5.74) is -3.84. The van der Waals surface area contributed by atoms with Gasteiger partial charge < -0.3 is 7.43 Å². The summed E-state index contributed by atoms with van der Waals surface area (Å²) in [7, 11) is 0. The average Bonchev–Trinajstić information content (AvgIpc) is 1.97. The van der Waals surface area contributed by atoms with Crippen molar-refractivity contribution in [1.29, 1.82) is 0 Å². The van der Waals surface area contributed by atoms with E-state index >= 15 is 0 Å². The molecule has 0 aliphatic rings. The van der Waals surface area contributed by atoms with Crippen LogP contribution in [0.15, 0.2) is 6.07 Å². The third-order valence-corrected chi connectivity index (χ3v) is 1.97. The maximum Gasteiger partial charge on any atom is 2.00 e. The summed E-state index contributed by atoms with van der Waals surface area (Å²) in [6.07, 6.45) is -10.1. The summed E-state index contributed by atoms with van der Waals surface area (Å²) < 4.78 is 74.6. The molecule has 0 nitrogen and oxygen atoms in total. The summed E-state index contributed by atoms with van der Waals surface area (Å²) in [6, 6.07) is 2.74. The molecule has 18 heavy (non-hydrogen) atoms. The normalized spacial score (nSPS) is 11.6. The first-order chi connectivity index (χ1) is 7.03. The van der Waals surface area contributed by atoms with Gasteiger partial charge in [-0.1, -0.05) is 13.8 Å². The molecule has 102 valence electrons. The fourth-order valence-corrected chi connectivity index (χ4v) is 1.47. The van der Waals surface area contributed by atoms with Crippen molar-refractivity contribution in [1.82, 2.24) is 0 Å². The van der Waals surface area contributed by atoms with E-state index in [1.807, 2.05) is 0 Å². The fourth-order valence-electron chi connectivity index (χ4n) is 1.47. The second-order valence-corrected chi connectivity index (χ2v) is 3.38. The van der Waals surface area contributed by atoms with Crippen LogP contribution in [0.25, 0.3) is 0 Å². The zero-order valence-electron chi connectivity index (χ0n) is 9.75. The van der Waals surface area contributed by atoms with Gasteiger partial charge in [0.2, 0.25) is 0 Å². The number of alkyl halides is 6. The molecule has 0 fully saturated rings. The molecule has 0 aliphatic carbocycles. The molecule has 0 saturated heterocycles. The molecule has 0 amide bonds. The third kappa shape index (κ3) is 4.30. The number of halogens is 6. The number of hydrogen-bond donors (Lipinski definition) is 0. The standard InChI is InChI=1S/C10H7F6.CH3.W/c1-5-3-6(2)8(10(14,15)16)7(4-5)9(11,12)13;;/h3H,1-2H3;1H3;/q2*-1;+2. The van der Waals surface area contributed by atoms with Crippen molar-refractivity contribution in [3.63, 3.8) is 0 Å². The molecule has 0 aliphatic heterocycles. The smallest absolute Gasteiger partial charge is 0.358 e. The average molecular weight is 440 g/mol. The number of rotatable bonds is 0. The van der Waals surface area contributed by atoms with Crippen molar-refractivity contribution in [2.75, 3.05) is 0 Å². The van der Waals surface area contributed by atoms with Crippen molar-refractivity contribution in [2.24, 2.45) is 0 Å². The molecule has 1 aromatic rings. The molecule has 1 rings (SSSR count). The minimum Gasteiger partial charge on any atom is -0.358 e. The minimum absolute atomic E-state index is 0. The molecule has 1 aromatic carbocycles. The van der Waals surface area contributed by atoms with Crippen LogP contribution in [-0.4, -0.2) is 0 Å². The van der Waals surface area contributed by atoms with Crippen molar-refractivity contribution in [2.45, 2.75) is 26.2 Å². The number of hydrogen-bond acceptors (Lipinski definition) is 0. The van der Waals surface area contributed by atoms with Gasteiger partial charge in [0.05, 0.1) is 0 Å². The summed E-state index contributed by atoms with van der Waals surface area (Å²) in [4.78, 5) is 0. The van der Waals surface area contributed by atoms with Crippen LogP contribution in [0.5, 0.6) is 0 Å². The Morgan fingerprint density at radius 3 is 1.72 bits per heavy atom. The number of aryl methyl sites for hydroxylation is 2. The molecular weight excluding hydrogens is 430 g/mol. The topological polar surface area (TPSA) is 0 Å². The third-order valence-electron chi connectivity index (χ3n) is 1.97. The zero-order valence-corrected chi connectivity index (χ0v) is 12.7. The van der Waals surface area contributed by atoms with Gasteiger partial charge in [0.25, 0.3) is 0 Å². The second-order valence-electron chi connectivity index (χ2n) is 3.38. The Balaban J connectivity index is 0. The van der Waals surface area contributed by atoms with Crippen LogP contribution < -0.4 is 0 Å². The van der Waals surface area contributed by atoms with Crippen molar-refractivity contribution in [3.8, 4) is 0 Å². The summed E-state index contributed by atoms with van der Waals surface area (Å²) in [6.45, 7) is 2.27. The van der Waals surface area contributed by atoms with Gasteiger partial charge in [-0.05, 0) is 11.1 Å². The van der Waals surface area contributed by atoms with Crippen LogP contribution in [0.4, 0.5) is 26.3 Å². The Hall–Kier alpha value is -0.512. The van der Waals surface area contributed by atoms with Gasteiger partial charge in [-0.25, -0.2) is 0 Å². The molecule has 0 spiro atoms. The SMILES string of the molecule is Cc1[c-]c(C(F)(F)F)c(C(F)(F)F)c(C)c1.[CH3-].[W+2]. The summed E-state index contributed by atoms with van der Waals surface area (Å²) >= 11 is 0. The van der Waals surface area contributed by atoms with E-state index < -0.39 is 29.0 Å². The molecular formula is C11H10F6W. The zero-order chi connectivity index (χ0) is 12.7. The molecule has 0 radical (unpaired) electrons. The summed E-state index contributed by atoms with van der Waals surface area (Å²) in [5, 5.41) is 0. The number of benzene rings is 1. The van der Waals surface area contributed by atoms with Crippen LogP contribution in [0.3, 0.4) is 0 Å². The van der Waals surface area contributed by atoms with Crippen LogP contribution in [0.2, 0.25) is 0 Å². The minimum atomic E-state index is -5.05. The monoisotopic (exact) mass is 440 g/mol. The van der Waals surface area contributed by atoms with Crippen LogP contribution in [-0.2, 0) is 33.4 Å². The molecule has 0 heterocycles. The molecule has 0 aromatic heterocycles. The first-order valence-corrected chi connectivity index (χ1v) is 4.21. The van der Waals surface area contributed by atoms with Crippen molar-refractivity contribution in [3.05, 3.63) is 41.8 Å². The first kappa shape index (κ1) is 19.8. The van der Waals surface area contributed by atoms with E-state index in [0.29, 0.717) is 0 Å². The predicted molar refractivity (Wildman–Crippen MR) is 51.2 cm³/mol. The largest absolute Gasteiger partial charge is 2.00 e. The van der Waals surface area contributed by atoms with E-state index in [1.165, 1.54) is 6.92 Å². The van der Waals surface area contributed by atoms with Crippen LogP contribution in [0.1, 0.15) is 22.3 Å². The van der Waals surface area contributed by atoms with Gasteiger partial charge in [0.1, 0.15) is 0 Å². The van der Waals surface area contributed by atoms with Crippen molar-refractivity contribution < 1.29 is 47.4 Å². The molecule has 7 heteroatoms. The maximum atomic E-state index is 12.5. The van der Waals surface area contributed by atoms with Gasteiger partial charge in [-0.2, -0.15) is 44.0 Å². The van der Waals surface area contributed by atoms with Crippen LogP contribution >= 0.6 is 0 Å². The van der Waals surface area contributed by atoms with E-state index in [-0.39, 0.29) is 34.1 Å². The van der Waals surface area contributed by atoms with E-state index in [9.17, 15) is 26.3 Å². The Kier molecular flexibility index (Phi) is 6.70. The molecule has 0 atom stereocenters. The Labute approximate surface area is 116 Å². The first-order valence-electron chi connectivity index (χ1n) is 4.21. The van der Waals surface area contributed by atoms with Gasteiger partial charge in [-0.15, -0.1) is 5.56 Å². The van der Waals surface area contributed by atoms with Gasteiger partial charge in [0.15, 0.2) is 0 Å². The predicted octanol–water partition coefficient (Wildman–Crippen LogP) is 4.59. The maximum absolute atomic E-state index is 12.5. The quantitative estimate of drug-likeness (QED) is 0.409. The fraction of sp³-hybridized carbons (Fsp3) is 0.364. The van der Waals surface area contributed by atoms with Crippen LogP contribution in [0, 0.1) is 27.3 Å².